The molecule has 1 aromatic rings. The highest BCUT2D eigenvalue weighted by atomic mass is 127. The Morgan fingerprint density at radius 1 is 1.29 bits per heavy atom. The molecule has 0 aromatic heterocycles. The van der Waals surface area contributed by atoms with E-state index in [1.165, 1.54) is 30.4 Å². The van der Waals surface area contributed by atoms with Gasteiger partial charge < -0.3 is 10.6 Å². The van der Waals surface area contributed by atoms with Crippen molar-refractivity contribution < 1.29 is 0 Å². The van der Waals surface area contributed by atoms with E-state index >= 15 is 0 Å². The number of guanidine groups is 1. The fourth-order valence-corrected chi connectivity index (χ4v) is 2.81. The van der Waals surface area contributed by atoms with Gasteiger partial charge in [-0.1, -0.05) is 38.1 Å². The summed E-state index contributed by atoms with van der Waals surface area (Å²) in [4.78, 5) is 4.29. The SMILES string of the molecule is CN=C(NCC(C)C)NCC1CCCc2ccccc21.I. The number of hydrogen-bond donors (Lipinski definition) is 2. The second kappa shape index (κ2) is 9.28. The fraction of sp³-hybridized carbons (Fsp3) is 0.588. The molecule has 0 bridgehead atoms. The first-order chi connectivity index (χ1) is 9.70. The van der Waals surface area contributed by atoms with Crippen LogP contribution >= 0.6 is 24.0 Å². The van der Waals surface area contributed by atoms with Crippen molar-refractivity contribution >= 4 is 29.9 Å². The zero-order valence-corrected chi connectivity index (χ0v) is 15.7. The van der Waals surface area contributed by atoms with Crippen molar-refractivity contribution in [3.8, 4) is 0 Å². The number of nitrogens with one attached hydrogen (secondary N) is 2. The van der Waals surface area contributed by atoms with E-state index in [1.807, 2.05) is 7.05 Å². The Morgan fingerprint density at radius 3 is 2.76 bits per heavy atom. The van der Waals surface area contributed by atoms with E-state index in [0.717, 1.165) is 19.0 Å². The number of rotatable bonds is 4. The predicted molar refractivity (Wildman–Crippen MR) is 102 cm³/mol. The normalized spacial score (nSPS) is 17.9. The van der Waals surface area contributed by atoms with Gasteiger partial charge in [0, 0.05) is 26.1 Å². The summed E-state index contributed by atoms with van der Waals surface area (Å²) in [5.74, 6) is 2.16. The van der Waals surface area contributed by atoms with Crippen molar-refractivity contribution in [3.05, 3.63) is 35.4 Å². The van der Waals surface area contributed by atoms with Gasteiger partial charge in [-0.25, -0.2) is 0 Å². The number of nitrogens with zero attached hydrogens (tertiary/aromatic N) is 1. The van der Waals surface area contributed by atoms with E-state index in [-0.39, 0.29) is 24.0 Å². The van der Waals surface area contributed by atoms with Gasteiger partial charge in [0.05, 0.1) is 0 Å². The van der Waals surface area contributed by atoms with E-state index in [2.05, 4.69) is 53.7 Å². The molecule has 0 spiro atoms. The van der Waals surface area contributed by atoms with Crippen LogP contribution in [0.1, 0.15) is 43.7 Å². The van der Waals surface area contributed by atoms with E-state index in [1.54, 1.807) is 0 Å². The number of benzene rings is 1. The molecule has 118 valence electrons. The molecule has 0 amide bonds. The largest absolute Gasteiger partial charge is 0.356 e. The Morgan fingerprint density at radius 2 is 2.05 bits per heavy atom. The minimum atomic E-state index is 0. The Kier molecular flexibility index (Phi) is 8.07. The molecule has 1 unspecified atom stereocenters. The van der Waals surface area contributed by atoms with Crippen LogP contribution in [-0.2, 0) is 6.42 Å². The molecule has 2 rings (SSSR count). The summed E-state index contributed by atoms with van der Waals surface area (Å²) >= 11 is 0. The van der Waals surface area contributed by atoms with Crippen molar-refractivity contribution in [1.29, 1.82) is 0 Å². The van der Waals surface area contributed by atoms with Crippen molar-refractivity contribution in [1.82, 2.24) is 10.6 Å². The highest BCUT2D eigenvalue weighted by Gasteiger charge is 2.19. The monoisotopic (exact) mass is 401 g/mol. The summed E-state index contributed by atoms with van der Waals surface area (Å²) in [6.07, 6.45) is 3.79. The minimum absolute atomic E-state index is 0. The van der Waals surface area contributed by atoms with Crippen molar-refractivity contribution in [2.24, 2.45) is 10.9 Å². The highest BCUT2D eigenvalue weighted by molar-refractivity contribution is 14.0. The van der Waals surface area contributed by atoms with Crippen LogP contribution in [0.5, 0.6) is 0 Å². The summed E-state index contributed by atoms with van der Waals surface area (Å²) in [5.41, 5.74) is 3.04. The standard InChI is InChI=1S/C17H27N3.HI/c1-13(2)11-19-17(18-3)20-12-15-9-6-8-14-7-4-5-10-16(14)15;/h4-5,7,10,13,15H,6,8-9,11-12H2,1-3H3,(H2,18,19,20);1H. The van der Waals surface area contributed by atoms with E-state index < -0.39 is 0 Å². The van der Waals surface area contributed by atoms with Crippen LogP contribution in [0.3, 0.4) is 0 Å². The zero-order chi connectivity index (χ0) is 14.4. The molecule has 4 heteroatoms. The topological polar surface area (TPSA) is 36.4 Å². The lowest BCUT2D eigenvalue weighted by Gasteiger charge is -2.26. The second-order valence-electron chi connectivity index (χ2n) is 6.02. The Bertz CT molecular complexity index is 457. The first-order valence-corrected chi connectivity index (χ1v) is 7.73. The number of aryl methyl sites for hydroxylation is 1. The predicted octanol–water partition coefficient (Wildman–Crippen LogP) is 3.55. The number of hydrogen-bond acceptors (Lipinski definition) is 1. The molecule has 0 saturated heterocycles. The average Bonchev–Trinajstić information content (AvgIpc) is 2.47. The van der Waals surface area contributed by atoms with Crippen molar-refractivity contribution in [2.75, 3.05) is 20.1 Å². The molecule has 0 aliphatic heterocycles. The number of aliphatic imine (C=N–C) groups is 1. The summed E-state index contributed by atoms with van der Waals surface area (Å²) in [7, 11) is 1.84. The molecule has 1 atom stereocenters. The summed E-state index contributed by atoms with van der Waals surface area (Å²) in [6, 6.07) is 8.86. The molecule has 2 N–H and O–H groups in total. The van der Waals surface area contributed by atoms with Crippen LogP contribution in [0.25, 0.3) is 0 Å². The van der Waals surface area contributed by atoms with E-state index in [4.69, 9.17) is 0 Å². The highest BCUT2D eigenvalue weighted by Crippen LogP contribution is 2.30. The van der Waals surface area contributed by atoms with Gasteiger partial charge in [-0.2, -0.15) is 0 Å². The van der Waals surface area contributed by atoms with Gasteiger partial charge in [-0.05, 0) is 36.3 Å². The third kappa shape index (κ3) is 5.49. The van der Waals surface area contributed by atoms with Crippen LogP contribution < -0.4 is 10.6 Å². The molecular weight excluding hydrogens is 373 g/mol. The lowest BCUT2D eigenvalue weighted by molar-refractivity contribution is 0.536. The number of halogens is 1. The van der Waals surface area contributed by atoms with Gasteiger partial charge in [0.15, 0.2) is 5.96 Å². The molecule has 3 nitrogen and oxygen atoms in total. The summed E-state index contributed by atoms with van der Waals surface area (Å²) in [6.45, 7) is 6.34. The quantitative estimate of drug-likeness (QED) is 0.460. The molecule has 1 aliphatic carbocycles. The molecule has 0 radical (unpaired) electrons. The average molecular weight is 401 g/mol. The first kappa shape index (κ1) is 18.3. The van der Waals surface area contributed by atoms with Crippen molar-refractivity contribution in [2.45, 2.75) is 39.0 Å². The molecule has 0 fully saturated rings. The molecular formula is C17H28IN3. The number of fused-ring (bicyclic) bond motifs is 1. The maximum atomic E-state index is 4.29. The summed E-state index contributed by atoms with van der Waals surface area (Å²) < 4.78 is 0. The Labute approximate surface area is 146 Å². The van der Waals surface area contributed by atoms with Gasteiger partial charge in [0.2, 0.25) is 0 Å². The van der Waals surface area contributed by atoms with Gasteiger partial charge in [0.1, 0.15) is 0 Å². The lowest BCUT2D eigenvalue weighted by atomic mass is 9.83. The molecule has 1 aliphatic rings. The van der Waals surface area contributed by atoms with Crippen molar-refractivity contribution in [3.63, 3.8) is 0 Å². The molecule has 0 saturated carbocycles. The van der Waals surface area contributed by atoms with Gasteiger partial charge in [0.25, 0.3) is 0 Å². The van der Waals surface area contributed by atoms with Gasteiger partial charge in [-0.3, -0.25) is 4.99 Å². The van der Waals surface area contributed by atoms with E-state index in [9.17, 15) is 0 Å². The van der Waals surface area contributed by atoms with E-state index in [0.29, 0.717) is 11.8 Å². The van der Waals surface area contributed by atoms with Crippen LogP contribution in [-0.4, -0.2) is 26.1 Å². The maximum absolute atomic E-state index is 4.29. The Hall–Kier alpha value is -0.780. The molecule has 21 heavy (non-hydrogen) atoms. The first-order valence-electron chi connectivity index (χ1n) is 7.73. The van der Waals surface area contributed by atoms with Crippen LogP contribution in [0, 0.1) is 5.92 Å². The smallest absolute Gasteiger partial charge is 0.191 e. The third-order valence-electron chi connectivity index (χ3n) is 3.91. The zero-order valence-electron chi connectivity index (χ0n) is 13.4. The summed E-state index contributed by atoms with van der Waals surface area (Å²) in [5, 5.41) is 6.85. The van der Waals surface area contributed by atoms with Gasteiger partial charge in [-0.15, -0.1) is 24.0 Å². The molecule has 0 heterocycles. The Balaban J connectivity index is 0.00000220. The molecule has 1 aromatic carbocycles. The van der Waals surface area contributed by atoms with Crippen LogP contribution in [0.2, 0.25) is 0 Å². The third-order valence-corrected chi connectivity index (χ3v) is 3.91. The lowest BCUT2D eigenvalue weighted by Crippen LogP contribution is -2.41. The van der Waals surface area contributed by atoms with Crippen LogP contribution in [0.4, 0.5) is 0 Å². The minimum Gasteiger partial charge on any atom is -0.356 e. The second-order valence-corrected chi connectivity index (χ2v) is 6.02. The van der Waals surface area contributed by atoms with Crippen LogP contribution in [0.15, 0.2) is 29.3 Å². The fourth-order valence-electron chi connectivity index (χ4n) is 2.81. The van der Waals surface area contributed by atoms with Gasteiger partial charge >= 0.3 is 0 Å². The maximum Gasteiger partial charge on any atom is 0.191 e.